The molecule has 0 spiro atoms. The van der Waals surface area contributed by atoms with E-state index in [0.29, 0.717) is 19.5 Å². The summed E-state index contributed by atoms with van der Waals surface area (Å²) in [7, 11) is 0. The molecule has 3 aromatic heterocycles. The summed E-state index contributed by atoms with van der Waals surface area (Å²) in [6.45, 7) is 6.98. The first-order valence-corrected chi connectivity index (χ1v) is 20.5. The molecule has 2 fully saturated rings. The first-order valence-electron chi connectivity index (χ1n) is 19.0. The van der Waals surface area contributed by atoms with E-state index in [-0.39, 0.29) is 18.0 Å². The van der Waals surface area contributed by atoms with Crippen molar-refractivity contribution in [2.75, 3.05) is 52.4 Å². The van der Waals surface area contributed by atoms with Gasteiger partial charge in [-0.3, -0.25) is 29.5 Å². The molecule has 2 unspecified atom stereocenters. The Bertz CT molecular complexity index is 2160. The van der Waals surface area contributed by atoms with E-state index in [4.69, 9.17) is 56.4 Å². The number of halogens is 4. The minimum Gasteiger partial charge on any atom is -0.340 e. The summed E-state index contributed by atoms with van der Waals surface area (Å²) in [4.78, 5) is 33.3. The first-order chi connectivity index (χ1) is 26.8. The minimum atomic E-state index is 0.00837. The van der Waals surface area contributed by atoms with Gasteiger partial charge in [0.2, 0.25) is 5.91 Å². The monoisotopic (exact) mass is 813 g/mol. The number of hydrogen-bond acceptors (Lipinski definition) is 7. The predicted molar refractivity (Wildman–Crippen MR) is 220 cm³/mol. The van der Waals surface area contributed by atoms with Crippen molar-refractivity contribution in [3.63, 3.8) is 0 Å². The van der Waals surface area contributed by atoms with Crippen molar-refractivity contribution in [1.82, 2.24) is 35.0 Å². The van der Waals surface area contributed by atoms with Crippen LogP contribution < -0.4 is 5.32 Å². The van der Waals surface area contributed by atoms with Gasteiger partial charge in [0.05, 0.1) is 29.9 Å². The predicted octanol–water partition coefficient (Wildman–Crippen LogP) is 7.84. The summed E-state index contributed by atoms with van der Waals surface area (Å²) in [5, 5.41) is 6.57. The van der Waals surface area contributed by atoms with Gasteiger partial charge in [0.1, 0.15) is 0 Å². The van der Waals surface area contributed by atoms with Crippen LogP contribution >= 0.6 is 46.4 Å². The summed E-state index contributed by atoms with van der Waals surface area (Å²) in [5.74, 6) is 0.146. The van der Waals surface area contributed by atoms with Crippen LogP contribution in [0.25, 0.3) is 0 Å². The molecule has 0 saturated carbocycles. The lowest BCUT2D eigenvalue weighted by atomic mass is 9.96. The lowest BCUT2D eigenvalue weighted by Gasteiger charge is -2.40. The highest BCUT2D eigenvalue weighted by Crippen LogP contribution is 2.40. The highest BCUT2D eigenvalue weighted by atomic mass is 35.5. The van der Waals surface area contributed by atoms with Crippen LogP contribution in [-0.4, -0.2) is 87.9 Å². The molecule has 2 atom stereocenters. The maximum absolute atomic E-state index is 12.8. The Morgan fingerprint density at radius 1 is 0.655 bits per heavy atom. The number of nitrogens with one attached hydrogen (secondary N) is 1. The third-order valence-electron chi connectivity index (χ3n) is 11.3. The number of pyridine rings is 3. The van der Waals surface area contributed by atoms with E-state index in [1.54, 1.807) is 18.6 Å². The van der Waals surface area contributed by atoms with Crippen molar-refractivity contribution in [1.29, 1.82) is 0 Å². The molecule has 1 amide bonds. The van der Waals surface area contributed by atoms with Gasteiger partial charge in [-0.05, 0) is 107 Å². The van der Waals surface area contributed by atoms with Crippen LogP contribution in [0.1, 0.15) is 62.4 Å². The largest absolute Gasteiger partial charge is 0.340 e. The molecule has 0 bridgehead atoms. The van der Waals surface area contributed by atoms with E-state index in [1.165, 1.54) is 27.8 Å². The van der Waals surface area contributed by atoms with E-state index in [9.17, 15) is 4.79 Å². The summed E-state index contributed by atoms with van der Waals surface area (Å²) >= 11 is 25.7. The quantitative estimate of drug-likeness (QED) is 0.198. The number of benzene rings is 2. The topological polar surface area (TPSA) is 77.5 Å². The molecule has 4 aliphatic rings. The first kappa shape index (κ1) is 38.3. The van der Waals surface area contributed by atoms with Gasteiger partial charge in [-0.25, -0.2) is 0 Å². The lowest BCUT2D eigenvalue weighted by molar-refractivity contribution is -0.132. The minimum absolute atomic E-state index is 0.00837. The standard InChI is InChI=1S/C25H24Cl2N4O.C18H19Cl2N3/c26-19-4-6-20-18(15-19)3-5-21-22(27)7-9-29-24(21)25(20)31-12-10-30(11-13-31)23(32)14-17-2-1-8-28-16-17;19-13-2-4-14-12(11-13)1-3-15-16(20)5-6-22-17(15)18(14)23-9-7-21-8-10-23/h1-2,4,6-9,15-16,25H,3,5,10-14H2;2,4-6,11,18,21H,1,3,7-10H2. The number of amides is 1. The molecule has 284 valence electrons. The van der Waals surface area contributed by atoms with Crippen molar-refractivity contribution in [2.24, 2.45) is 0 Å². The number of carbonyl (C=O) groups excluding carboxylic acids is 1. The zero-order valence-electron chi connectivity index (χ0n) is 30.5. The molecule has 8 nitrogen and oxygen atoms in total. The Morgan fingerprint density at radius 3 is 1.73 bits per heavy atom. The van der Waals surface area contributed by atoms with Crippen LogP contribution in [0.4, 0.5) is 0 Å². The molecule has 5 heterocycles. The van der Waals surface area contributed by atoms with Gasteiger partial charge in [-0.2, -0.15) is 0 Å². The SMILES string of the molecule is Clc1ccc2c(c1)CCc1c(Cl)ccnc1C2N1CCNCC1.O=C(Cc1cccnc1)N1CCN(C2c3ccc(Cl)cc3CCc3c(Cl)ccnc32)CC1. The van der Waals surface area contributed by atoms with Gasteiger partial charge in [0, 0.05) is 97.2 Å². The molecule has 2 saturated heterocycles. The normalized spacial score (nSPS) is 19.7. The fraction of sp³-hybridized carbons (Fsp3) is 0.349. The van der Waals surface area contributed by atoms with E-state index in [0.717, 1.165) is 108 Å². The van der Waals surface area contributed by atoms with Gasteiger partial charge < -0.3 is 10.2 Å². The molecule has 55 heavy (non-hydrogen) atoms. The second kappa shape index (κ2) is 17.3. The fourth-order valence-corrected chi connectivity index (χ4v) is 9.45. The molecule has 2 aliphatic carbocycles. The van der Waals surface area contributed by atoms with E-state index < -0.39 is 0 Å². The maximum atomic E-state index is 12.8. The van der Waals surface area contributed by atoms with E-state index >= 15 is 0 Å². The van der Waals surface area contributed by atoms with Crippen LogP contribution in [0.15, 0.2) is 85.5 Å². The summed E-state index contributed by atoms with van der Waals surface area (Å²) in [5.41, 5.74) is 10.5. The molecule has 9 rings (SSSR count). The van der Waals surface area contributed by atoms with Gasteiger partial charge >= 0.3 is 0 Å². The van der Waals surface area contributed by atoms with Gasteiger partial charge in [0.15, 0.2) is 0 Å². The fourth-order valence-electron chi connectivity index (χ4n) is 8.56. The number of carbonyl (C=O) groups is 1. The molecule has 5 aromatic rings. The van der Waals surface area contributed by atoms with E-state index in [1.807, 2.05) is 47.5 Å². The van der Waals surface area contributed by atoms with Crippen LogP contribution in [0, 0.1) is 0 Å². The Kier molecular flexibility index (Phi) is 12.0. The van der Waals surface area contributed by atoms with Gasteiger partial charge in [0.25, 0.3) is 0 Å². The van der Waals surface area contributed by atoms with Crippen molar-refractivity contribution in [3.8, 4) is 0 Å². The molecule has 2 aromatic carbocycles. The maximum Gasteiger partial charge on any atom is 0.227 e. The second-order valence-electron chi connectivity index (χ2n) is 14.5. The lowest BCUT2D eigenvalue weighted by Crippen LogP contribution is -2.50. The van der Waals surface area contributed by atoms with Crippen LogP contribution in [0.3, 0.4) is 0 Å². The number of fused-ring (bicyclic) bond motifs is 4. The second-order valence-corrected chi connectivity index (χ2v) is 16.2. The van der Waals surface area contributed by atoms with Gasteiger partial charge in [-0.1, -0.05) is 64.6 Å². The smallest absolute Gasteiger partial charge is 0.227 e. The molecule has 1 N–H and O–H groups in total. The van der Waals surface area contributed by atoms with Crippen LogP contribution in [-0.2, 0) is 36.9 Å². The average molecular weight is 816 g/mol. The zero-order valence-corrected chi connectivity index (χ0v) is 33.6. The summed E-state index contributed by atoms with van der Waals surface area (Å²) in [6.07, 6.45) is 11.1. The summed E-state index contributed by atoms with van der Waals surface area (Å²) in [6, 6.07) is 20.2. The zero-order chi connectivity index (χ0) is 37.9. The van der Waals surface area contributed by atoms with Crippen LogP contribution in [0.2, 0.25) is 20.1 Å². The highest BCUT2D eigenvalue weighted by Gasteiger charge is 2.34. The number of aryl methyl sites for hydroxylation is 2. The van der Waals surface area contributed by atoms with Crippen LogP contribution in [0.5, 0.6) is 0 Å². The van der Waals surface area contributed by atoms with Crippen molar-refractivity contribution < 1.29 is 4.79 Å². The molecule has 2 aliphatic heterocycles. The third-order valence-corrected chi connectivity index (χ3v) is 12.5. The number of nitrogens with zero attached hydrogens (tertiary/aromatic N) is 6. The Balaban J connectivity index is 0.000000164. The average Bonchev–Trinajstić information content (AvgIpc) is 3.47. The van der Waals surface area contributed by atoms with Crippen molar-refractivity contribution >= 4 is 52.3 Å². The molecular weight excluding hydrogens is 772 g/mol. The third kappa shape index (κ3) is 8.42. The van der Waals surface area contributed by atoms with Crippen molar-refractivity contribution in [2.45, 2.75) is 44.2 Å². The number of piperazine rings is 2. The van der Waals surface area contributed by atoms with E-state index in [2.05, 4.69) is 44.4 Å². The number of rotatable bonds is 4. The molecule has 12 heteroatoms. The van der Waals surface area contributed by atoms with Crippen molar-refractivity contribution in [3.05, 3.63) is 156 Å². The highest BCUT2D eigenvalue weighted by molar-refractivity contribution is 6.32. The Hall–Kier alpha value is -3.60. The Labute approximate surface area is 342 Å². The number of hydrogen-bond donors (Lipinski definition) is 1. The Morgan fingerprint density at radius 2 is 1.20 bits per heavy atom. The van der Waals surface area contributed by atoms with Gasteiger partial charge in [-0.15, -0.1) is 0 Å². The molecular formula is C43H43Cl4N7O. The number of aromatic nitrogens is 3. The summed E-state index contributed by atoms with van der Waals surface area (Å²) < 4.78 is 0. The molecule has 0 radical (unpaired) electrons.